The number of nitrogens with zero attached hydrogens (tertiary/aromatic N) is 1. The maximum atomic E-state index is 12.7. The molecule has 0 spiro atoms. The van der Waals surface area contributed by atoms with Gasteiger partial charge in [0.05, 0.1) is 6.54 Å². The molecule has 0 fully saturated rings. The van der Waals surface area contributed by atoms with E-state index in [0.29, 0.717) is 11.7 Å². The van der Waals surface area contributed by atoms with Gasteiger partial charge in [-0.3, -0.25) is 4.79 Å². The van der Waals surface area contributed by atoms with Crippen molar-refractivity contribution in [3.05, 3.63) is 30.1 Å². The molecule has 112 valence electrons. The highest BCUT2D eigenvalue weighted by Crippen LogP contribution is 2.07. The molecule has 0 heterocycles. The molecule has 0 saturated heterocycles. The van der Waals surface area contributed by atoms with E-state index in [1.54, 1.807) is 12.1 Å². The lowest BCUT2D eigenvalue weighted by molar-refractivity contribution is -0.115. The molecule has 20 heavy (non-hydrogen) atoms. The second-order valence-electron chi connectivity index (χ2n) is 5.16. The molecular weight excluding hydrogens is 257 g/mol. The monoisotopic (exact) mass is 281 g/mol. The van der Waals surface area contributed by atoms with Gasteiger partial charge in [-0.2, -0.15) is 0 Å². The number of halogens is 1. The molecule has 0 saturated carbocycles. The average molecular weight is 281 g/mol. The zero-order valence-corrected chi connectivity index (χ0v) is 12.4. The van der Waals surface area contributed by atoms with Gasteiger partial charge in [0.1, 0.15) is 5.82 Å². The van der Waals surface area contributed by atoms with E-state index in [0.717, 1.165) is 19.5 Å². The Morgan fingerprint density at radius 3 is 2.55 bits per heavy atom. The SMILES string of the molecule is CC(C)N(C)CCCNCC(=O)Nc1ccc(F)cc1. The third-order valence-electron chi connectivity index (χ3n) is 3.16. The molecule has 0 bridgehead atoms. The van der Waals surface area contributed by atoms with Gasteiger partial charge in [0, 0.05) is 11.7 Å². The number of anilines is 1. The Kier molecular flexibility index (Phi) is 7.18. The average Bonchev–Trinajstić information content (AvgIpc) is 2.40. The molecule has 2 N–H and O–H groups in total. The number of hydrogen-bond acceptors (Lipinski definition) is 3. The van der Waals surface area contributed by atoms with Gasteiger partial charge in [0.2, 0.25) is 5.91 Å². The first-order valence-electron chi connectivity index (χ1n) is 6.95. The Morgan fingerprint density at radius 1 is 1.30 bits per heavy atom. The van der Waals surface area contributed by atoms with Gasteiger partial charge in [-0.05, 0) is 64.7 Å². The quantitative estimate of drug-likeness (QED) is 0.717. The van der Waals surface area contributed by atoms with E-state index < -0.39 is 0 Å². The van der Waals surface area contributed by atoms with Crippen LogP contribution < -0.4 is 10.6 Å². The van der Waals surface area contributed by atoms with E-state index in [2.05, 4.69) is 36.4 Å². The third kappa shape index (κ3) is 6.63. The van der Waals surface area contributed by atoms with Gasteiger partial charge in [-0.1, -0.05) is 0 Å². The smallest absolute Gasteiger partial charge is 0.238 e. The van der Waals surface area contributed by atoms with Gasteiger partial charge < -0.3 is 15.5 Å². The highest BCUT2D eigenvalue weighted by molar-refractivity contribution is 5.92. The molecule has 1 amide bonds. The van der Waals surface area contributed by atoms with E-state index in [1.807, 2.05) is 0 Å². The number of hydrogen-bond donors (Lipinski definition) is 2. The van der Waals surface area contributed by atoms with Gasteiger partial charge in [0.25, 0.3) is 0 Å². The molecule has 0 aromatic heterocycles. The highest BCUT2D eigenvalue weighted by Gasteiger charge is 2.04. The van der Waals surface area contributed by atoms with Crippen LogP contribution in [0.2, 0.25) is 0 Å². The van der Waals surface area contributed by atoms with Gasteiger partial charge >= 0.3 is 0 Å². The summed E-state index contributed by atoms with van der Waals surface area (Å²) in [6, 6.07) is 6.28. The second kappa shape index (κ2) is 8.66. The molecule has 0 unspecified atom stereocenters. The predicted molar refractivity (Wildman–Crippen MR) is 80.3 cm³/mol. The minimum absolute atomic E-state index is 0.117. The van der Waals surface area contributed by atoms with Crippen LogP contribution in [-0.4, -0.2) is 43.5 Å². The molecule has 5 heteroatoms. The van der Waals surface area contributed by atoms with Crippen molar-refractivity contribution in [1.82, 2.24) is 10.2 Å². The molecule has 1 rings (SSSR count). The van der Waals surface area contributed by atoms with Gasteiger partial charge in [-0.15, -0.1) is 0 Å². The topological polar surface area (TPSA) is 44.4 Å². The maximum Gasteiger partial charge on any atom is 0.238 e. The molecule has 1 aromatic rings. The number of benzene rings is 1. The van der Waals surface area contributed by atoms with E-state index in [4.69, 9.17) is 0 Å². The maximum absolute atomic E-state index is 12.7. The lowest BCUT2D eigenvalue weighted by Crippen LogP contribution is -2.32. The summed E-state index contributed by atoms with van der Waals surface area (Å²) in [5.41, 5.74) is 0.609. The summed E-state index contributed by atoms with van der Waals surface area (Å²) >= 11 is 0. The number of amides is 1. The molecule has 0 radical (unpaired) electrons. The minimum Gasteiger partial charge on any atom is -0.325 e. The van der Waals surface area contributed by atoms with Crippen molar-refractivity contribution in [2.45, 2.75) is 26.3 Å². The molecule has 0 atom stereocenters. The van der Waals surface area contributed by atoms with Crippen molar-refractivity contribution in [1.29, 1.82) is 0 Å². The zero-order chi connectivity index (χ0) is 15.0. The van der Waals surface area contributed by atoms with Crippen molar-refractivity contribution in [3.8, 4) is 0 Å². The number of rotatable bonds is 8. The molecule has 0 aliphatic heterocycles. The van der Waals surface area contributed by atoms with Crippen LogP contribution in [0.5, 0.6) is 0 Å². The van der Waals surface area contributed by atoms with Crippen molar-refractivity contribution >= 4 is 11.6 Å². The third-order valence-corrected chi connectivity index (χ3v) is 3.16. The Labute approximate surface area is 120 Å². The first-order chi connectivity index (χ1) is 9.49. The minimum atomic E-state index is -0.310. The van der Waals surface area contributed by atoms with Crippen LogP contribution in [0.25, 0.3) is 0 Å². The summed E-state index contributed by atoms with van der Waals surface area (Å²) in [6.07, 6.45) is 0.999. The molecular formula is C15H24FN3O. The van der Waals surface area contributed by atoms with Crippen molar-refractivity contribution < 1.29 is 9.18 Å². The standard InChI is InChI=1S/C15H24FN3O/c1-12(2)19(3)10-4-9-17-11-15(20)18-14-7-5-13(16)6-8-14/h5-8,12,17H,4,9-11H2,1-3H3,(H,18,20). The summed E-state index contributed by atoms with van der Waals surface area (Å²) < 4.78 is 12.7. The van der Waals surface area contributed by atoms with Crippen LogP contribution in [0.15, 0.2) is 24.3 Å². The summed E-state index contributed by atoms with van der Waals surface area (Å²) in [7, 11) is 2.09. The molecule has 0 aliphatic rings. The summed E-state index contributed by atoms with van der Waals surface area (Å²) in [5.74, 6) is -0.427. The first kappa shape index (κ1) is 16.6. The number of carbonyl (C=O) groups is 1. The van der Waals surface area contributed by atoms with Crippen molar-refractivity contribution in [3.63, 3.8) is 0 Å². The summed E-state index contributed by atoms with van der Waals surface area (Å²) in [6.45, 7) is 6.38. The Bertz CT molecular complexity index is 406. The van der Waals surface area contributed by atoms with E-state index in [-0.39, 0.29) is 18.3 Å². The largest absolute Gasteiger partial charge is 0.325 e. The van der Waals surface area contributed by atoms with Crippen LogP contribution in [0, 0.1) is 5.82 Å². The van der Waals surface area contributed by atoms with Crippen LogP contribution >= 0.6 is 0 Å². The molecule has 1 aromatic carbocycles. The Balaban J connectivity index is 2.13. The van der Waals surface area contributed by atoms with Crippen LogP contribution in [-0.2, 0) is 4.79 Å². The summed E-state index contributed by atoms with van der Waals surface area (Å²) in [5, 5.41) is 5.81. The predicted octanol–water partition coefficient (Wildman–Crippen LogP) is 2.08. The van der Waals surface area contributed by atoms with E-state index >= 15 is 0 Å². The lowest BCUT2D eigenvalue weighted by Gasteiger charge is -2.20. The fraction of sp³-hybridized carbons (Fsp3) is 0.533. The second-order valence-corrected chi connectivity index (χ2v) is 5.16. The molecule has 4 nitrogen and oxygen atoms in total. The molecule has 0 aliphatic carbocycles. The zero-order valence-electron chi connectivity index (χ0n) is 12.4. The van der Waals surface area contributed by atoms with Crippen molar-refractivity contribution in [2.75, 3.05) is 32.0 Å². The van der Waals surface area contributed by atoms with E-state index in [9.17, 15) is 9.18 Å². The summed E-state index contributed by atoms with van der Waals surface area (Å²) in [4.78, 5) is 13.9. The van der Waals surface area contributed by atoms with Crippen LogP contribution in [0.3, 0.4) is 0 Å². The van der Waals surface area contributed by atoms with E-state index in [1.165, 1.54) is 12.1 Å². The number of carbonyl (C=O) groups excluding carboxylic acids is 1. The fourth-order valence-electron chi connectivity index (χ4n) is 1.65. The lowest BCUT2D eigenvalue weighted by atomic mass is 10.3. The highest BCUT2D eigenvalue weighted by atomic mass is 19.1. The Morgan fingerprint density at radius 2 is 1.95 bits per heavy atom. The fourth-order valence-corrected chi connectivity index (χ4v) is 1.65. The Hall–Kier alpha value is -1.46. The number of nitrogens with one attached hydrogen (secondary N) is 2. The van der Waals surface area contributed by atoms with Crippen LogP contribution in [0.4, 0.5) is 10.1 Å². The normalized spacial score (nSPS) is 11.1. The van der Waals surface area contributed by atoms with Gasteiger partial charge in [-0.25, -0.2) is 4.39 Å². The van der Waals surface area contributed by atoms with Crippen LogP contribution in [0.1, 0.15) is 20.3 Å². The van der Waals surface area contributed by atoms with Gasteiger partial charge in [0.15, 0.2) is 0 Å². The van der Waals surface area contributed by atoms with Crippen molar-refractivity contribution in [2.24, 2.45) is 0 Å². The first-order valence-corrected chi connectivity index (χ1v) is 6.95.